The number of hydrogen-bond donors (Lipinski definition) is 1. The van der Waals surface area contributed by atoms with E-state index in [2.05, 4.69) is 10.2 Å². The van der Waals surface area contributed by atoms with Crippen LogP contribution in [0, 0.1) is 11.7 Å². The van der Waals surface area contributed by atoms with E-state index in [4.69, 9.17) is 4.74 Å². The van der Waals surface area contributed by atoms with Crippen molar-refractivity contribution >= 4 is 17.5 Å². The zero-order valence-electron chi connectivity index (χ0n) is 18.3. The van der Waals surface area contributed by atoms with Gasteiger partial charge in [0.2, 0.25) is 5.91 Å². The molecule has 0 aliphatic carbocycles. The highest BCUT2D eigenvalue weighted by molar-refractivity contribution is 5.97. The van der Waals surface area contributed by atoms with E-state index < -0.39 is 11.9 Å². The summed E-state index contributed by atoms with van der Waals surface area (Å²) < 4.78 is 18.4. The van der Waals surface area contributed by atoms with E-state index in [9.17, 15) is 14.0 Å². The summed E-state index contributed by atoms with van der Waals surface area (Å²) in [5.74, 6) is -0.118. The Kier molecular flexibility index (Phi) is 7.50. The minimum absolute atomic E-state index is 0.0714. The van der Waals surface area contributed by atoms with Crippen LogP contribution >= 0.6 is 0 Å². The number of hydrogen-bond acceptors (Lipinski definition) is 4. The van der Waals surface area contributed by atoms with E-state index in [0.29, 0.717) is 18.7 Å². The zero-order valence-corrected chi connectivity index (χ0v) is 18.3. The van der Waals surface area contributed by atoms with Crippen LogP contribution in [0.15, 0.2) is 48.5 Å². The Morgan fingerprint density at radius 2 is 1.65 bits per heavy atom. The molecule has 2 aromatic rings. The van der Waals surface area contributed by atoms with E-state index in [1.54, 1.807) is 7.11 Å². The van der Waals surface area contributed by atoms with Crippen LogP contribution in [0.2, 0.25) is 0 Å². The summed E-state index contributed by atoms with van der Waals surface area (Å²) >= 11 is 0. The minimum atomic E-state index is -0.634. The molecule has 166 valence electrons. The predicted molar refractivity (Wildman–Crippen MR) is 119 cm³/mol. The average molecular weight is 428 g/mol. The van der Waals surface area contributed by atoms with Gasteiger partial charge in [-0.2, -0.15) is 0 Å². The quantitative estimate of drug-likeness (QED) is 0.768. The van der Waals surface area contributed by atoms with Gasteiger partial charge < -0.3 is 19.9 Å². The van der Waals surface area contributed by atoms with Gasteiger partial charge in [-0.1, -0.05) is 13.8 Å². The van der Waals surface area contributed by atoms with Gasteiger partial charge in [-0.05, 0) is 60.9 Å². The molecule has 0 bridgehead atoms. The van der Waals surface area contributed by atoms with Crippen LogP contribution in [0.1, 0.15) is 30.6 Å². The van der Waals surface area contributed by atoms with Crippen molar-refractivity contribution in [1.29, 1.82) is 0 Å². The average Bonchev–Trinajstić information content (AvgIpc) is 3.03. The topological polar surface area (TPSA) is 61.9 Å². The molecule has 1 heterocycles. The molecule has 0 radical (unpaired) electrons. The molecule has 1 saturated heterocycles. The molecule has 0 saturated carbocycles. The Labute approximate surface area is 183 Å². The lowest BCUT2D eigenvalue weighted by molar-refractivity contribution is -0.134. The number of carbonyl (C=O) groups excluding carboxylic acids is 2. The zero-order chi connectivity index (χ0) is 22.4. The number of nitrogens with one attached hydrogen (secondary N) is 1. The normalized spacial score (nSPS) is 15.4. The van der Waals surface area contributed by atoms with Gasteiger partial charge in [-0.3, -0.25) is 9.59 Å². The highest BCUT2D eigenvalue weighted by atomic mass is 19.1. The van der Waals surface area contributed by atoms with Crippen LogP contribution < -0.4 is 15.0 Å². The Morgan fingerprint density at radius 3 is 2.26 bits per heavy atom. The number of amides is 2. The van der Waals surface area contributed by atoms with Gasteiger partial charge in [0.1, 0.15) is 17.6 Å². The molecule has 2 aromatic carbocycles. The second-order valence-electron chi connectivity index (χ2n) is 8.07. The van der Waals surface area contributed by atoms with E-state index in [1.807, 2.05) is 43.0 Å². The fraction of sp³-hybridized carbons (Fsp3) is 0.417. The number of benzene rings is 2. The summed E-state index contributed by atoms with van der Waals surface area (Å²) in [4.78, 5) is 29.9. The van der Waals surface area contributed by atoms with Crippen molar-refractivity contribution in [2.75, 3.05) is 38.2 Å². The number of halogens is 1. The van der Waals surface area contributed by atoms with Crippen molar-refractivity contribution in [2.24, 2.45) is 5.92 Å². The second kappa shape index (κ2) is 10.3. The fourth-order valence-corrected chi connectivity index (χ4v) is 3.73. The summed E-state index contributed by atoms with van der Waals surface area (Å²) in [7, 11) is 1.64. The molecule has 1 fully saturated rings. The highest BCUT2D eigenvalue weighted by Gasteiger charge is 2.30. The number of rotatable bonds is 6. The molecule has 1 N–H and O–H groups in total. The maximum atomic E-state index is 13.3. The van der Waals surface area contributed by atoms with Crippen molar-refractivity contribution < 1.29 is 18.7 Å². The van der Waals surface area contributed by atoms with Gasteiger partial charge in [0.25, 0.3) is 5.91 Å². The maximum Gasteiger partial charge on any atom is 0.251 e. The van der Waals surface area contributed by atoms with Crippen molar-refractivity contribution in [3.8, 4) is 5.75 Å². The Balaban J connectivity index is 1.64. The largest absolute Gasteiger partial charge is 0.497 e. The fourth-order valence-electron chi connectivity index (χ4n) is 3.73. The predicted octanol–water partition coefficient (Wildman–Crippen LogP) is 3.33. The molecule has 6 nitrogen and oxygen atoms in total. The van der Waals surface area contributed by atoms with Crippen LogP contribution in [0.25, 0.3) is 0 Å². The number of carbonyl (C=O) groups is 2. The first-order valence-electron chi connectivity index (χ1n) is 10.6. The molecule has 31 heavy (non-hydrogen) atoms. The number of ether oxygens (including phenoxy) is 1. The maximum absolute atomic E-state index is 13.3. The Morgan fingerprint density at radius 1 is 0.968 bits per heavy atom. The summed E-state index contributed by atoms with van der Waals surface area (Å²) in [5.41, 5.74) is 1.43. The van der Waals surface area contributed by atoms with Gasteiger partial charge >= 0.3 is 0 Å². The highest BCUT2D eigenvalue weighted by Crippen LogP contribution is 2.21. The number of nitrogens with zero attached hydrogens (tertiary/aromatic N) is 2. The molecule has 1 aliphatic rings. The van der Waals surface area contributed by atoms with Crippen molar-refractivity contribution in [2.45, 2.75) is 26.3 Å². The molecular weight excluding hydrogens is 397 g/mol. The first-order chi connectivity index (χ1) is 14.9. The smallest absolute Gasteiger partial charge is 0.251 e. The van der Waals surface area contributed by atoms with Gasteiger partial charge in [0, 0.05) is 37.4 Å². The third-order valence-corrected chi connectivity index (χ3v) is 5.57. The molecule has 0 spiro atoms. The summed E-state index contributed by atoms with van der Waals surface area (Å²) in [6.07, 6.45) is 0.842. The number of methoxy groups -OCH3 is 1. The third-order valence-electron chi connectivity index (χ3n) is 5.57. The summed E-state index contributed by atoms with van der Waals surface area (Å²) in [5, 5.41) is 2.85. The van der Waals surface area contributed by atoms with E-state index in [-0.39, 0.29) is 17.7 Å². The Bertz CT molecular complexity index is 884. The third kappa shape index (κ3) is 5.75. The van der Waals surface area contributed by atoms with Gasteiger partial charge in [0.05, 0.1) is 7.11 Å². The van der Waals surface area contributed by atoms with Crippen molar-refractivity contribution in [1.82, 2.24) is 10.2 Å². The summed E-state index contributed by atoms with van der Waals surface area (Å²) in [6.45, 7) is 6.62. The van der Waals surface area contributed by atoms with Gasteiger partial charge in [-0.15, -0.1) is 0 Å². The lowest BCUT2D eigenvalue weighted by atomic mass is 10.0. The lowest BCUT2D eigenvalue weighted by Gasteiger charge is -2.29. The monoisotopic (exact) mass is 427 g/mol. The molecule has 7 heteroatoms. The van der Waals surface area contributed by atoms with E-state index in [1.165, 1.54) is 24.3 Å². The molecule has 1 unspecified atom stereocenters. The minimum Gasteiger partial charge on any atom is -0.497 e. The molecule has 0 aromatic heterocycles. The molecule has 1 aliphatic heterocycles. The first kappa shape index (κ1) is 22.6. The number of anilines is 1. The molecule has 2 amide bonds. The van der Waals surface area contributed by atoms with Crippen LogP contribution in [0.5, 0.6) is 5.75 Å². The van der Waals surface area contributed by atoms with Crippen LogP contribution in [0.4, 0.5) is 10.1 Å². The molecular formula is C24H30FN3O3. The first-order valence-corrected chi connectivity index (χ1v) is 10.6. The van der Waals surface area contributed by atoms with Crippen LogP contribution in [-0.4, -0.2) is 56.0 Å². The van der Waals surface area contributed by atoms with E-state index >= 15 is 0 Å². The van der Waals surface area contributed by atoms with Crippen LogP contribution in [-0.2, 0) is 4.79 Å². The molecule has 1 atom stereocenters. The van der Waals surface area contributed by atoms with E-state index in [0.717, 1.165) is 30.9 Å². The SMILES string of the molecule is COc1ccc(N2CCCN(C(=O)C(NC(=O)c3ccc(F)cc3)C(C)C)CC2)cc1. The summed E-state index contributed by atoms with van der Waals surface area (Å²) in [6, 6.07) is 12.6. The molecule has 3 rings (SSSR count). The van der Waals surface area contributed by atoms with Crippen molar-refractivity contribution in [3.63, 3.8) is 0 Å². The van der Waals surface area contributed by atoms with Gasteiger partial charge in [0.15, 0.2) is 0 Å². The standard InChI is InChI=1S/C24H30FN3O3/c1-17(2)22(26-23(29)18-5-7-19(25)8-6-18)24(30)28-14-4-13-27(15-16-28)20-9-11-21(31-3)12-10-20/h5-12,17,22H,4,13-16H2,1-3H3,(H,26,29). The van der Waals surface area contributed by atoms with Crippen molar-refractivity contribution in [3.05, 3.63) is 59.9 Å². The van der Waals surface area contributed by atoms with Gasteiger partial charge in [-0.25, -0.2) is 4.39 Å². The lowest BCUT2D eigenvalue weighted by Crippen LogP contribution is -2.52. The van der Waals surface area contributed by atoms with Crippen LogP contribution in [0.3, 0.4) is 0 Å². The Hall–Kier alpha value is -3.09. The second-order valence-corrected chi connectivity index (χ2v) is 8.07.